The first-order valence-corrected chi connectivity index (χ1v) is 10.7. The van der Waals surface area contributed by atoms with Crippen LogP contribution in [0.5, 0.6) is 0 Å². The number of carboxylic acid groups (broad SMARTS) is 1. The van der Waals surface area contributed by atoms with Crippen molar-refractivity contribution in [1.82, 2.24) is 19.8 Å². The van der Waals surface area contributed by atoms with Crippen LogP contribution in [-0.4, -0.2) is 75.0 Å². The Morgan fingerprint density at radius 3 is 2.77 bits per heavy atom. The summed E-state index contributed by atoms with van der Waals surface area (Å²) in [5.74, 6) is -2.43. The molecule has 2 unspecified atom stereocenters. The maximum Gasteiger partial charge on any atom is 0.334 e. The van der Waals surface area contributed by atoms with Gasteiger partial charge >= 0.3 is 17.8 Å². The number of hydrogen-bond acceptors (Lipinski definition) is 7. The summed E-state index contributed by atoms with van der Waals surface area (Å²) in [4.78, 5) is 48.9. The van der Waals surface area contributed by atoms with Gasteiger partial charge in [0.15, 0.2) is 6.10 Å². The van der Waals surface area contributed by atoms with Crippen molar-refractivity contribution in [3.05, 3.63) is 34.8 Å². The van der Waals surface area contributed by atoms with Crippen molar-refractivity contribution in [3.8, 4) is 11.4 Å². The number of pyridine rings is 1. The van der Waals surface area contributed by atoms with Crippen LogP contribution < -0.4 is 0 Å². The Balaban J connectivity index is 1.51. The topological polar surface area (TPSA) is 113 Å². The molecular formula is C20H22N4O5S. The molecule has 1 N–H and O–H groups in total. The van der Waals surface area contributed by atoms with E-state index in [0.29, 0.717) is 6.54 Å². The standard InChI is InChI=1S/C20H22N4O5S/c25-18(23-9-10-29-16(11-23)20(27)28)19(26)24-8-4-2-6-15(24)17-22-14(12-30-17)13-5-1-3-7-21-13/h1,3,5,7,12,15-16H,2,4,6,8-11H2,(H,27,28). The Labute approximate surface area is 177 Å². The molecule has 4 heterocycles. The lowest BCUT2D eigenvalue weighted by atomic mass is 10.0. The molecule has 158 valence electrons. The molecule has 4 rings (SSSR count). The fourth-order valence-electron chi connectivity index (χ4n) is 3.75. The molecule has 0 saturated carbocycles. The van der Waals surface area contributed by atoms with Crippen molar-refractivity contribution in [3.63, 3.8) is 0 Å². The number of carbonyl (C=O) groups excluding carboxylic acids is 2. The number of aromatic nitrogens is 2. The third-order valence-corrected chi connectivity index (χ3v) is 6.26. The molecule has 2 aromatic heterocycles. The number of carbonyl (C=O) groups is 3. The lowest BCUT2D eigenvalue weighted by molar-refractivity contribution is -0.165. The van der Waals surface area contributed by atoms with Gasteiger partial charge in [0.2, 0.25) is 0 Å². The number of amides is 2. The van der Waals surface area contributed by atoms with E-state index in [0.717, 1.165) is 35.7 Å². The average molecular weight is 430 g/mol. The maximum absolute atomic E-state index is 13.0. The lowest BCUT2D eigenvalue weighted by Crippen LogP contribution is -2.54. The summed E-state index contributed by atoms with van der Waals surface area (Å²) >= 11 is 1.46. The largest absolute Gasteiger partial charge is 0.479 e. The number of nitrogens with zero attached hydrogens (tertiary/aromatic N) is 4. The zero-order chi connectivity index (χ0) is 21.1. The summed E-state index contributed by atoms with van der Waals surface area (Å²) in [5, 5.41) is 11.8. The van der Waals surface area contributed by atoms with Gasteiger partial charge in [0.1, 0.15) is 5.01 Å². The molecule has 2 fully saturated rings. The van der Waals surface area contributed by atoms with Crippen LogP contribution in [0.25, 0.3) is 11.4 Å². The second-order valence-electron chi connectivity index (χ2n) is 7.24. The summed E-state index contributed by atoms with van der Waals surface area (Å²) in [6.07, 6.45) is 3.09. The molecule has 10 heteroatoms. The zero-order valence-corrected chi connectivity index (χ0v) is 17.1. The molecule has 2 aliphatic rings. The minimum atomic E-state index is -1.14. The third-order valence-electron chi connectivity index (χ3n) is 5.31. The highest BCUT2D eigenvalue weighted by molar-refractivity contribution is 7.10. The van der Waals surface area contributed by atoms with Gasteiger partial charge in [0.25, 0.3) is 0 Å². The number of carboxylic acids is 1. The van der Waals surface area contributed by atoms with E-state index in [1.54, 1.807) is 11.1 Å². The van der Waals surface area contributed by atoms with Crippen LogP contribution >= 0.6 is 11.3 Å². The number of rotatable bonds is 3. The molecular weight excluding hydrogens is 408 g/mol. The van der Waals surface area contributed by atoms with Crippen molar-refractivity contribution in [1.29, 1.82) is 0 Å². The van der Waals surface area contributed by atoms with E-state index in [9.17, 15) is 14.4 Å². The van der Waals surface area contributed by atoms with Crippen molar-refractivity contribution in [2.75, 3.05) is 26.2 Å². The van der Waals surface area contributed by atoms with E-state index in [-0.39, 0.29) is 25.7 Å². The van der Waals surface area contributed by atoms with Gasteiger partial charge in [0, 0.05) is 24.7 Å². The average Bonchev–Trinajstić information content (AvgIpc) is 3.29. The molecule has 0 radical (unpaired) electrons. The maximum atomic E-state index is 13.0. The van der Waals surface area contributed by atoms with Gasteiger partial charge < -0.3 is 19.6 Å². The monoisotopic (exact) mass is 430 g/mol. The van der Waals surface area contributed by atoms with E-state index in [2.05, 4.69) is 9.97 Å². The molecule has 2 aliphatic heterocycles. The van der Waals surface area contributed by atoms with Gasteiger partial charge in [-0.05, 0) is 31.4 Å². The van der Waals surface area contributed by atoms with Crippen LogP contribution in [0, 0.1) is 0 Å². The number of piperidine rings is 1. The van der Waals surface area contributed by atoms with Crippen molar-refractivity contribution in [2.45, 2.75) is 31.4 Å². The number of hydrogen-bond donors (Lipinski definition) is 1. The molecule has 9 nitrogen and oxygen atoms in total. The second-order valence-corrected chi connectivity index (χ2v) is 8.13. The van der Waals surface area contributed by atoms with E-state index < -0.39 is 23.9 Å². The first kappa shape index (κ1) is 20.4. The lowest BCUT2D eigenvalue weighted by Gasteiger charge is -2.36. The van der Waals surface area contributed by atoms with Gasteiger partial charge in [-0.2, -0.15) is 0 Å². The van der Waals surface area contributed by atoms with Gasteiger partial charge in [-0.15, -0.1) is 11.3 Å². The van der Waals surface area contributed by atoms with E-state index in [1.807, 2.05) is 23.6 Å². The second kappa shape index (κ2) is 8.88. The van der Waals surface area contributed by atoms with Gasteiger partial charge in [-0.25, -0.2) is 9.78 Å². The summed E-state index contributed by atoms with van der Waals surface area (Å²) in [7, 11) is 0. The first-order valence-electron chi connectivity index (χ1n) is 9.85. The van der Waals surface area contributed by atoms with Crippen molar-refractivity contribution < 1.29 is 24.2 Å². The number of morpholine rings is 1. The van der Waals surface area contributed by atoms with E-state index in [4.69, 9.17) is 9.84 Å². The number of aliphatic carboxylic acids is 1. The van der Waals surface area contributed by atoms with Crippen molar-refractivity contribution >= 4 is 29.1 Å². The molecule has 0 aliphatic carbocycles. The van der Waals surface area contributed by atoms with Gasteiger partial charge in [0.05, 0.1) is 30.6 Å². The number of thiazole rings is 1. The smallest absolute Gasteiger partial charge is 0.334 e. The molecule has 0 bridgehead atoms. The highest BCUT2D eigenvalue weighted by atomic mass is 32.1. The van der Waals surface area contributed by atoms with Crippen LogP contribution in [0.1, 0.15) is 30.3 Å². The quantitative estimate of drug-likeness (QED) is 0.736. The highest BCUT2D eigenvalue weighted by Crippen LogP contribution is 2.34. The van der Waals surface area contributed by atoms with Crippen LogP contribution in [0.3, 0.4) is 0 Å². The summed E-state index contributed by atoms with van der Waals surface area (Å²) in [5.41, 5.74) is 1.51. The summed E-state index contributed by atoms with van der Waals surface area (Å²) in [6, 6.07) is 5.34. The highest BCUT2D eigenvalue weighted by Gasteiger charge is 2.38. The van der Waals surface area contributed by atoms with Crippen LogP contribution in [-0.2, 0) is 19.1 Å². The molecule has 2 saturated heterocycles. The molecule has 0 aromatic carbocycles. The Bertz CT molecular complexity index is 934. The van der Waals surface area contributed by atoms with Gasteiger partial charge in [-0.3, -0.25) is 14.6 Å². The Kier molecular flexibility index (Phi) is 6.05. The molecule has 30 heavy (non-hydrogen) atoms. The number of likely N-dealkylation sites (tertiary alicyclic amines) is 1. The molecule has 2 aromatic rings. The fourth-order valence-corrected chi connectivity index (χ4v) is 4.70. The molecule has 2 amide bonds. The van der Waals surface area contributed by atoms with E-state index in [1.165, 1.54) is 16.2 Å². The zero-order valence-electron chi connectivity index (χ0n) is 16.3. The molecule has 2 atom stereocenters. The molecule has 0 spiro atoms. The SMILES string of the molecule is O=C(O)C1CN(C(=O)C(=O)N2CCCCC2c2nc(-c3ccccn3)cs2)CCO1. The van der Waals surface area contributed by atoms with E-state index >= 15 is 0 Å². The summed E-state index contributed by atoms with van der Waals surface area (Å²) in [6.45, 7) is 0.646. The van der Waals surface area contributed by atoms with Crippen LogP contribution in [0.15, 0.2) is 29.8 Å². The predicted octanol–water partition coefficient (Wildman–Crippen LogP) is 1.57. The summed E-state index contributed by atoms with van der Waals surface area (Å²) < 4.78 is 5.15. The Hall–Kier alpha value is -2.85. The Morgan fingerprint density at radius 2 is 2.00 bits per heavy atom. The Morgan fingerprint density at radius 1 is 1.13 bits per heavy atom. The van der Waals surface area contributed by atoms with Crippen LogP contribution in [0.4, 0.5) is 0 Å². The fraction of sp³-hybridized carbons (Fsp3) is 0.450. The van der Waals surface area contributed by atoms with Crippen molar-refractivity contribution in [2.24, 2.45) is 0 Å². The van der Waals surface area contributed by atoms with Crippen LogP contribution in [0.2, 0.25) is 0 Å². The minimum Gasteiger partial charge on any atom is -0.479 e. The third kappa shape index (κ3) is 4.19. The van der Waals surface area contributed by atoms with Gasteiger partial charge in [-0.1, -0.05) is 6.07 Å². The first-order chi connectivity index (χ1) is 14.5. The normalized spacial score (nSPS) is 22.0. The minimum absolute atomic E-state index is 0.0966. The number of ether oxygens (including phenoxy) is 1. The predicted molar refractivity (Wildman–Crippen MR) is 108 cm³/mol.